The van der Waals surface area contributed by atoms with E-state index in [-0.39, 0.29) is 11.2 Å². The number of hydrogen-bond acceptors (Lipinski definition) is 1. The van der Waals surface area contributed by atoms with Crippen LogP contribution in [-0.4, -0.2) is 9.55 Å². The first-order valence-electron chi connectivity index (χ1n) is 6.27. The summed E-state index contributed by atoms with van der Waals surface area (Å²) in [6.07, 6.45) is 0. The molecule has 0 spiro atoms. The van der Waals surface area contributed by atoms with Crippen molar-refractivity contribution in [2.45, 2.75) is 34.2 Å². The van der Waals surface area contributed by atoms with Crippen LogP contribution in [-0.2, 0) is 6.54 Å². The van der Waals surface area contributed by atoms with E-state index in [1.165, 1.54) is 6.07 Å². The van der Waals surface area contributed by atoms with E-state index >= 15 is 0 Å². The standard InChI is InChI=1S/C14H18BrFN2S/c1-8(14(2,3)4)7-18-12-5-9(15)10(16)6-11(12)17-13(18)19/h5-6,8H,7H2,1-4H3,(H,17,19). The molecule has 2 rings (SSSR count). The highest BCUT2D eigenvalue weighted by Gasteiger charge is 2.21. The molecule has 0 fully saturated rings. The number of rotatable bonds is 2. The maximum atomic E-state index is 13.5. The van der Waals surface area contributed by atoms with Gasteiger partial charge in [0.2, 0.25) is 0 Å². The second-order valence-corrected chi connectivity index (χ2v) is 7.33. The summed E-state index contributed by atoms with van der Waals surface area (Å²) in [5.74, 6) is 0.182. The molecule has 0 saturated carbocycles. The van der Waals surface area contributed by atoms with E-state index in [0.29, 0.717) is 15.2 Å². The van der Waals surface area contributed by atoms with Crippen LogP contribution >= 0.6 is 28.1 Å². The quantitative estimate of drug-likeness (QED) is 0.734. The van der Waals surface area contributed by atoms with Crippen LogP contribution in [0.2, 0.25) is 0 Å². The van der Waals surface area contributed by atoms with E-state index in [4.69, 9.17) is 12.2 Å². The number of nitrogens with one attached hydrogen (secondary N) is 1. The largest absolute Gasteiger partial charge is 0.330 e. The van der Waals surface area contributed by atoms with Crippen LogP contribution in [0, 0.1) is 21.9 Å². The van der Waals surface area contributed by atoms with Gasteiger partial charge in [0.1, 0.15) is 5.82 Å². The number of fused-ring (bicyclic) bond motifs is 1. The summed E-state index contributed by atoms with van der Waals surface area (Å²) >= 11 is 8.58. The lowest BCUT2D eigenvalue weighted by Gasteiger charge is -2.27. The van der Waals surface area contributed by atoms with Gasteiger partial charge < -0.3 is 9.55 Å². The molecule has 104 valence electrons. The van der Waals surface area contributed by atoms with Crippen molar-refractivity contribution in [2.75, 3.05) is 0 Å². The molecule has 1 heterocycles. The lowest BCUT2D eigenvalue weighted by atomic mass is 9.82. The Labute approximate surface area is 126 Å². The third-order valence-corrected chi connectivity index (χ3v) is 4.68. The number of nitrogens with zero attached hydrogens (tertiary/aromatic N) is 1. The van der Waals surface area contributed by atoms with Gasteiger partial charge in [-0.05, 0) is 45.5 Å². The maximum absolute atomic E-state index is 13.5. The summed E-state index contributed by atoms with van der Waals surface area (Å²) in [6, 6.07) is 3.26. The number of H-pyrrole nitrogens is 1. The first kappa shape index (κ1) is 14.7. The fourth-order valence-corrected chi connectivity index (χ4v) is 2.49. The fraction of sp³-hybridized carbons (Fsp3) is 0.500. The Balaban J connectivity index is 2.52. The van der Waals surface area contributed by atoms with E-state index in [9.17, 15) is 4.39 Å². The van der Waals surface area contributed by atoms with Gasteiger partial charge in [-0.2, -0.15) is 0 Å². The molecule has 1 atom stereocenters. The van der Waals surface area contributed by atoms with E-state index in [1.54, 1.807) is 6.07 Å². The third-order valence-electron chi connectivity index (χ3n) is 3.75. The predicted octanol–water partition coefficient (Wildman–Crippen LogP) is 5.28. The smallest absolute Gasteiger partial charge is 0.178 e. The molecule has 0 saturated heterocycles. The van der Waals surface area contributed by atoms with Crippen LogP contribution in [0.25, 0.3) is 11.0 Å². The van der Waals surface area contributed by atoms with Gasteiger partial charge in [0.15, 0.2) is 4.77 Å². The number of benzene rings is 1. The number of halogens is 2. The van der Waals surface area contributed by atoms with Crippen LogP contribution in [0.3, 0.4) is 0 Å². The van der Waals surface area contributed by atoms with Gasteiger partial charge in [-0.25, -0.2) is 4.39 Å². The zero-order valence-electron chi connectivity index (χ0n) is 11.6. The Morgan fingerprint density at radius 1 is 1.42 bits per heavy atom. The van der Waals surface area contributed by atoms with Crippen LogP contribution in [0.5, 0.6) is 0 Å². The first-order valence-corrected chi connectivity index (χ1v) is 7.48. The van der Waals surface area contributed by atoms with Gasteiger partial charge in [0.05, 0.1) is 15.5 Å². The summed E-state index contributed by atoms with van der Waals surface area (Å²) < 4.78 is 16.7. The Hall–Kier alpha value is -0.680. The number of aromatic amines is 1. The van der Waals surface area contributed by atoms with E-state index in [0.717, 1.165) is 17.6 Å². The van der Waals surface area contributed by atoms with Crippen molar-refractivity contribution >= 4 is 39.2 Å². The zero-order chi connectivity index (χ0) is 14.4. The number of aromatic nitrogens is 2. The average molecular weight is 345 g/mol. The fourth-order valence-electron chi connectivity index (χ4n) is 1.88. The van der Waals surface area contributed by atoms with Crippen molar-refractivity contribution in [2.24, 2.45) is 11.3 Å². The lowest BCUT2D eigenvalue weighted by Crippen LogP contribution is -2.22. The Morgan fingerprint density at radius 3 is 2.63 bits per heavy atom. The first-order chi connectivity index (χ1) is 8.70. The van der Waals surface area contributed by atoms with E-state index in [1.807, 2.05) is 4.57 Å². The number of imidazole rings is 1. The Bertz CT molecular complexity index is 666. The van der Waals surface area contributed by atoms with Crippen molar-refractivity contribution in [1.82, 2.24) is 9.55 Å². The minimum absolute atomic E-state index is 0.204. The molecule has 0 aliphatic heterocycles. The second kappa shape index (κ2) is 5.02. The van der Waals surface area contributed by atoms with E-state index in [2.05, 4.69) is 48.6 Å². The van der Waals surface area contributed by atoms with Gasteiger partial charge in [0, 0.05) is 12.6 Å². The Kier molecular flexibility index (Phi) is 3.89. The molecule has 0 bridgehead atoms. The lowest BCUT2D eigenvalue weighted by molar-refractivity contribution is 0.234. The van der Waals surface area contributed by atoms with Crippen molar-refractivity contribution in [1.29, 1.82) is 0 Å². The monoisotopic (exact) mass is 344 g/mol. The zero-order valence-corrected chi connectivity index (χ0v) is 14.0. The van der Waals surface area contributed by atoms with Crippen molar-refractivity contribution in [3.8, 4) is 0 Å². The highest BCUT2D eigenvalue weighted by atomic mass is 79.9. The van der Waals surface area contributed by atoms with Crippen LogP contribution < -0.4 is 0 Å². The molecular formula is C14H18BrFN2S. The van der Waals surface area contributed by atoms with Crippen molar-refractivity contribution in [3.05, 3.63) is 27.2 Å². The van der Waals surface area contributed by atoms with Crippen LogP contribution in [0.4, 0.5) is 4.39 Å². The molecule has 1 N–H and O–H groups in total. The molecule has 19 heavy (non-hydrogen) atoms. The normalized spacial score (nSPS) is 14.0. The SMILES string of the molecule is CC(Cn1c(=S)[nH]c2cc(F)c(Br)cc21)C(C)(C)C. The minimum atomic E-state index is -0.278. The van der Waals surface area contributed by atoms with Gasteiger partial charge in [-0.3, -0.25) is 0 Å². The molecule has 1 aromatic carbocycles. The average Bonchev–Trinajstić information content (AvgIpc) is 2.55. The maximum Gasteiger partial charge on any atom is 0.178 e. The molecule has 0 amide bonds. The van der Waals surface area contributed by atoms with Gasteiger partial charge in [0.25, 0.3) is 0 Å². The predicted molar refractivity (Wildman–Crippen MR) is 83.4 cm³/mol. The van der Waals surface area contributed by atoms with Crippen molar-refractivity contribution in [3.63, 3.8) is 0 Å². The van der Waals surface area contributed by atoms with E-state index < -0.39 is 0 Å². The summed E-state index contributed by atoms with van der Waals surface area (Å²) in [5.41, 5.74) is 1.89. The summed E-state index contributed by atoms with van der Waals surface area (Å²) in [7, 11) is 0. The third kappa shape index (κ3) is 2.92. The highest BCUT2D eigenvalue weighted by molar-refractivity contribution is 9.10. The molecule has 1 aromatic heterocycles. The molecule has 5 heteroatoms. The molecule has 0 aliphatic carbocycles. The molecular weight excluding hydrogens is 327 g/mol. The second-order valence-electron chi connectivity index (χ2n) is 6.09. The minimum Gasteiger partial charge on any atom is -0.330 e. The number of hydrogen-bond donors (Lipinski definition) is 1. The summed E-state index contributed by atoms with van der Waals surface area (Å²) in [6.45, 7) is 9.67. The molecule has 0 aliphatic rings. The Morgan fingerprint density at radius 2 is 2.05 bits per heavy atom. The van der Waals surface area contributed by atoms with Crippen LogP contribution in [0.1, 0.15) is 27.7 Å². The summed E-state index contributed by atoms with van der Waals surface area (Å²) in [4.78, 5) is 3.07. The van der Waals surface area contributed by atoms with Gasteiger partial charge >= 0.3 is 0 Å². The highest BCUT2D eigenvalue weighted by Crippen LogP contribution is 2.29. The molecule has 2 aromatic rings. The molecule has 0 radical (unpaired) electrons. The van der Waals surface area contributed by atoms with Gasteiger partial charge in [-0.1, -0.05) is 27.7 Å². The molecule has 2 nitrogen and oxygen atoms in total. The van der Waals surface area contributed by atoms with Crippen molar-refractivity contribution < 1.29 is 4.39 Å². The topological polar surface area (TPSA) is 20.7 Å². The van der Waals surface area contributed by atoms with Crippen LogP contribution in [0.15, 0.2) is 16.6 Å². The van der Waals surface area contributed by atoms with Gasteiger partial charge in [-0.15, -0.1) is 0 Å². The summed E-state index contributed by atoms with van der Waals surface area (Å²) in [5, 5.41) is 0. The molecule has 1 unspecified atom stereocenters.